The molecule has 2 saturated heterocycles. The van der Waals surface area contributed by atoms with Crippen LogP contribution in [0.4, 0.5) is 0 Å². The van der Waals surface area contributed by atoms with Gasteiger partial charge >= 0.3 is 0 Å². The number of nitrogens with one attached hydrogen (secondary N) is 2. The molecule has 0 radical (unpaired) electrons. The second kappa shape index (κ2) is 5.49. The Kier molecular flexibility index (Phi) is 3.99. The molecule has 0 aromatic carbocycles. The number of likely N-dealkylation sites (N-methyl/N-ethyl adjacent to an activating group) is 1. The predicted octanol–water partition coefficient (Wildman–Crippen LogP) is -0.277. The lowest BCUT2D eigenvalue weighted by molar-refractivity contribution is -0.126. The summed E-state index contributed by atoms with van der Waals surface area (Å²) >= 11 is 0. The minimum absolute atomic E-state index is 0.0128. The number of rotatable bonds is 4. The van der Waals surface area contributed by atoms with E-state index in [9.17, 15) is 9.59 Å². The van der Waals surface area contributed by atoms with Crippen molar-refractivity contribution in [2.45, 2.75) is 32.2 Å². The molecule has 0 aliphatic carbocycles. The molecular formula is C12H21N3O2. The summed E-state index contributed by atoms with van der Waals surface area (Å²) in [5.41, 5.74) is 0. The maximum atomic E-state index is 11.8. The van der Waals surface area contributed by atoms with Gasteiger partial charge in [0.15, 0.2) is 0 Å². The monoisotopic (exact) mass is 239 g/mol. The second-order valence-electron chi connectivity index (χ2n) is 4.87. The smallest absolute Gasteiger partial charge is 0.225 e. The summed E-state index contributed by atoms with van der Waals surface area (Å²) < 4.78 is 0. The standard InChI is InChI=1S/C12H21N3O2/c1-2-15-5-3-4-10(15)8-14-12(17)9-6-11(16)13-7-9/h9-10H,2-8H2,1H3,(H,13,16)(H,14,17). The Hall–Kier alpha value is -1.10. The van der Waals surface area contributed by atoms with Crippen LogP contribution in [0.25, 0.3) is 0 Å². The third kappa shape index (κ3) is 2.97. The van der Waals surface area contributed by atoms with Crippen molar-refractivity contribution in [2.75, 3.05) is 26.2 Å². The summed E-state index contributed by atoms with van der Waals surface area (Å²) in [6.45, 7) is 5.55. The minimum atomic E-state index is -0.168. The lowest BCUT2D eigenvalue weighted by atomic mass is 10.1. The lowest BCUT2D eigenvalue weighted by Gasteiger charge is -2.23. The quantitative estimate of drug-likeness (QED) is 0.709. The van der Waals surface area contributed by atoms with E-state index in [1.807, 2.05) is 0 Å². The van der Waals surface area contributed by atoms with Gasteiger partial charge in [-0.1, -0.05) is 6.92 Å². The Morgan fingerprint density at radius 3 is 3.06 bits per heavy atom. The van der Waals surface area contributed by atoms with Crippen LogP contribution in [0.5, 0.6) is 0 Å². The van der Waals surface area contributed by atoms with Crippen LogP contribution in [0.2, 0.25) is 0 Å². The summed E-state index contributed by atoms with van der Waals surface area (Å²) in [5.74, 6) is -0.161. The van der Waals surface area contributed by atoms with Gasteiger partial charge < -0.3 is 10.6 Å². The number of carbonyl (C=O) groups excluding carboxylic acids is 2. The fourth-order valence-corrected chi connectivity index (χ4v) is 2.70. The van der Waals surface area contributed by atoms with E-state index in [0.29, 0.717) is 19.0 Å². The first-order valence-electron chi connectivity index (χ1n) is 6.49. The van der Waals surface area contributed by atoms with Crippen molar-refractivity contribution >= 4 is 11.8 Å². The number of hydrogen-bond donors (Lipinski definition) is 2. The van der Waals surface area contributed by atoms with Gasteiger partial charge in [-0.05, 0) is 25.9 Å². The van der Waals surface area contributed by atoms with E-state index < -0.39 is 0 Å². The average Bonchev–Trinajstić information content (AvgIpc) is 2.94. The predicted molar refractivity (Wildman–Crippen MR) is 64.4 cm³/mol. The molecule has 0 spiro atoms. The van der Waals surface area contributed by atoms with E-state index >= 15 is 0 Å². The van der Waals surface area contributed by atoms with Crippen LogP contribution in [0.3, 0.4) is 0 Å². The normalized spacial score (nSPS) is 29.4. The van der Waals surface area contributed by atoms with E-state index in [2.05, 4.69) is 22.5 Å². The molecule has 0 aromatic rings. The Bertz CT molecular complexity index is 306. The Balaban J connectivity index is 1.74. The molecule has 17 heavy (non-hydrogen) atoms. The van der Waals surface area contributed by atoms with E-state index in [-0.39, 0.29) is 17.7 Å². The molecule has 2 aliphatic heterocycles. The summed E-state index contributed by atoms with van der Waals surface area (Å²) in [4.78, 5) is 25.2. The molecule has 0 aromatic heterocycles. The van der Waals surface area contributed by atoms with Crippen LogP contribution in [-0.2, 0) is 9.59 Å². The van der Waals surface area contributed by atoms with Crippen molar-refractivity contribution in [1.82, 2.24) is 15.5 Å². The highest BCUT2D eigenvalue weighted by Gasteiger charge is 2.29. The first kappa shape index (κ1) is 12.4. The largest absolute Gasteiger partial charge is 0.355 e. The Morgan fingerprint density at radius 2 is 2.41 bits per heavy atom. The van der Waals surface area contributed by atoms with Crippen molar-refractivity contribution in [3.8, 4) is 0 Å². The third-order valence-corrected chi connectivity index (χ3v) is 3.77. The van der Waals surface area contributed by atoms with Crippen LogP contribution in [0.1, 0.15) is 26.2 Å². The van der Waals surface area contributed by atoms with Gasteiger partial charge in [-0.2, -0.15) is 0 Å². The zero-order chi connectivity index (χ0) is 12.3. The zero-order valence-electron chi connectivity index (χ0n) is 10.4. The summed E-state index contributed by atoms with van der Waals surface area (Å²) in [6, 6.07) is 0.481. The molecule has 0 saturated carbocycles. The zero-order valence-corrected chi connectivity index (χ0v) is 10.4. The lowest BCUT2D eigenvalue weighted by Crippen LogP contribution is -2.42. The van der Waals surface area contributed by atoms with Gasteiger partial charge in [0.1, 0.15) is 0 Å². The SMILES string of the molecule is CCN1CCCC1CNC(=O)C1CNC(=O)C1. The highest BCUT2D eigenvalue weighted by Crippen LogP contribution is 2.16. The molecule has 5 nitrogen and oxygen atoms in total. The van der Waals surface area contributed by atoms with Gasteiger partial charge in [0, 0.05) is 25.6 Å². The first-order chi connectivity index (χ1) is 8.20. The summed E-state index contributed by atoms with van der Waals surface area (Å²) in [7, 11) is 0. The van der Waals surface area contributed by atoms with Gasteiger partial charge in [-0.3, -0.25) is 14.5 Å². The van der Waals surface area contributed by atoms with E-state index in [1.54, 1.807) is 0 Å². The number of nitrogens with zero attached hydrogens (tertiary/aromatic N) is 1. The van der Waals surface area contributed by atoms with Gasteiger partial charge in [0.2, 0.25) is 11.8 Å². The number of hydrogen-bond acceptors (Lipinski definition) is 3. The molecular weight excluding hydrogens is 218 g/mol. The van der Waals surface area contributed by atoms with Crippen LogP contribution in [0, 0.1) is 5.92 Å². The maximum Gasteiger partial charge on any atom is 0.225 e. The molecule has 2 N–H and O–H groups in total. The van der Waals surface area contributed by atoms with Crippen molar-refractivity contribution in [1.29, 1.82) is 0 Å². The Labute approximate surface area is 102 Å². The van der Waals surface area contributed by atoms with Crippen LogP contribution >= 0.6 is 0 Å². The Morgan fingerprint density at radius 1 is 1.59 bits per heavy atom. The molecule has 2 atom stereocenters. The second-order valence-corrected chi connectivity index (χ2v) is 4.87. The van der Waals surface area contributed by atoms with Crippen molar-refractivity contribution < 1.29 is 9.59 Å². The fraction of sp³-hybridized carbons (Fsp3) is 0.833. The number of carbonyl (C=O) groups is 2. The van der Waals surface area contributed by atoms with Crippen LogP contribution < -0.4 is 10.6 Å². The summed E-state index contributed by atoms with van der Waals surface area (Å²) in [6.07, 6.45) is 2.72. The van der Waals surface area contributed by atoms with Crippen LogP contribution in [-0.4, -0.2) is 48.9 Å². The average molecular weight is 239 g/mol. The summed E-state index contributed by atoms with van der Waals surface area (Å²) in [5, 5.41) is 5.67. The van der Waals surface area contributed by atoms with Gasteiger partial charge in [0.25, 0.3) is 0 Å². The van der Waals surface area contributed by atoms with Gasteiger partial charge in [-0.25, -0.2) is 0 Å². The number of likely N-dealkylation sites (tertiary alicyclic amines) is 1. The maximum absolute atomic E-state index is 11.8. The highest BCUT2D eigenvalue weighted by atomic mass is 16.2. The van der Waals surface area contributed by atoms with Crippen molar-refractivity contribution in [3.05, 3.63) is 0 Å². The van der Waals surface area contributed by atoms with Crippen LogP contribution in [0.15, 0.2) is 0 Å². The van der Waals surface area contributed by atoms with Gasteiger partial charge in [0.05, 0.1) is 5.92 Å². The molecule has 0 bridgehead atoms. The van der Waals surface area contributed by atoms with Crippen molar-refractivity contribution in [2.24, 2.45) is 5.92 Å². The molecule has 2 aliphatic rings. The molecule has 2 amide bonds. The molecule has 2 rings (SSSR count). The molecule has 2 unspecified atom stereocenters. The highest BCUT2D eigenvalue weighted by molar-refractivity contribution is 5.89. The first-order valence-corrected chi connectivity index (χ1v) is 6.49. The van der Waals surface area contributed by atoms with Crippen molar-refractivity contribution in [3.63, 3.8) is 0 Å². The van der Waals surface area contributed by atoms with E-state index in [1.165, 1.54) is 6.42 Å². The number of amides is 2. The molecule has 5 heteroatoms. The van der Waals surface area contributed by atoms with E-state index in [0.717, 1.165) is 26.1 Å². The molecule has 2 heterocycles. The third-order valence-electron chi connectivity index (χ3n) is 3.77. The molecule has 2 fully saturated rings. The van der Waals surface area contributed by atoms with Gasteiger partial charge in [-0.15, -0.1) is 0 Å². The fourth-order valence-electron chi connectivity index (χ4n) is 2.70. The van der Waals surface area contributed by atoms with E-state index in [4.69, 9.17) is 0 Å². The topological polar surface area (TPSA) is 61.4 Å². The molecule has 96 valence electrons. The minimum Gasteiger partial charge on any atom is -0.355 e.